The summed E-state index contributed by atoms with van der Waals surface area (Å²) in [7, 11) is 0. The average Bonchev–Trinajstić information content (AvgIpc) is 4.06. The number of aromatic nitrogens is 1. The summed E-state index contributed by atoms with van der Waals surface area (Å²) in [5.41, 5.74) is 15.1. The minimum absolute atomic E-state index is 0.0388. The number of amidine groups is 1. The third kappa shape index (κ3) is 6.19. The van der Waals surface area contributed by atoms with Gasteiger partial charge in [-0.3, -0.25) is 4.57 Å². The third-order valence-corrected chi connectivity index (χ3v) is 15.5. The predicted molar refractivity (Wildman–Crippen MR) is 295 cm³/mol. The highest BCUT2D eigenvalue weighted by atomic mass is 16.3. The lowest BCUT2D eigenvalue weighted by atomic mass is 9.82. The van der Waals surface area contributed by atoms with Crippen molar-refractivity contribution in [3.8, 4) is 11.1 Å². The standard InChI is InChI=1S/C66H45N3O2/c1-39-26-35-61(69-56-22-10-6-18-47(56)48-19-7-11-23-57(48)69)67-66(68-64(39)44-29-31-50-49-20-8-12-24-58(49)70-60(50)38-44)54-34-33-52(65-63(54)53-21-9-13-25-59(53)71-65)46-30-28-43-36-41-15-2-3-16-42(41)37-55(43)62-45-17-5-4-14-40(45)27-32-51(46)62/h2-25,27,29,31-39,46H,26,28,30H2,1H3/b61-35-,67-66-,68-64+. The highest BCUT2D eigenvalue weighted by Crippen LogP contribution is 2.49. The van der Waals surface area contributed by atoms with Gasteiger partial charge in [0.05, 0.1) is 16.7 Å². The Kier molecular flexibility index (Phi) is 8.82. The molecule has 0 fully saturated rings. The first-order valence-corrected chi connectivity index (χ1v) is 24.9. The van der Waals surface area contributed by atoms with E-state index in [2.05, 4.69) is 206 Å². The Labute approximate surface area is 409 Å². The molecule has 5 heteroatoms. The second-order valence-electron chi connectivity index (χ2n) is 19.5. The Morgan fingerprint density at radius 1 is 0.493 bits per heavy atom. The van der Waals surface area contributed by atoms with Crippen LogP contribution in [0.2, 0.25) is 0 Å². The quantitative estimate of drug-likeness (QED) is 0.177. The number of hydrogen-bond donors (Lipinski definition) is 0. The van der Waals surface area contributed by atoms with Crippen LogP contribution in [0.15, 0.2) is 225 Å². The Balaban J connectivity index is 0.983. The number of fused-ring (bicyclic) bond motifs is 15. The molecule has 71 heavy (non-hydrogen) atoms. The van der Waals surface area contributed by atoms with E-state index in [1.807, 2.05) is 12.1 Å². The Bertz CT molecular complexity index is 4430. The molecule has 0 radical (unpaired) electrons. The number of aliphatic imine (C=N–C) groups is 2. The lowest BCUT2D eigenvalue weighted by Gasteiger charge is -2.22. The van der Waals surface area contributed by atoms with Crippen LogP contribution in [0.3, 0.4) is 0 Å². The van der Waals surface area contributed by atoms with Crippen LogP contribution in [0.5, 0.6) is 0 Å². The monoisotopic (exact) mass is 911 g/mol. The molecule has 0 saturated carbocycles. The Hall–Kier alpha value is -8.80. The lowest BCUT2D eigenvalue weighted by Crippen LogP contribution is -2.18. The molecule has 0 amide bonds. The molecule has 3 aromatic heterocycles. The van der Waals surface area contributed by atoms with Gasteiger partial charge in [0.15, 0.2) is 5.84 Å². The van der Waals surface area contributed by atoms with Gasteiger partial charge in [0.25, 0.3) is 0 Å². The second-order valence-corrected chi connectivity index (χ2v) is 19.5. The highest BCUT2D eigenvalue weighted by Gasteiger charge is 2.31. The molecular weight excluding hydrogens is 867 g/mol. The number of hydrogen-bond acceptors (Lipinski definition) is 4. The van der Waals surface area contributed by atoms with Gasteiger partial charge in [0, 0.05) is 60.8 Å². The second kappa shape index (κ2) is 15.6. The van der Waals surface area contributed by atoms with Gasteiger partial charge in [-0.1, -0.05) is 159 Å². The van der Waals surface area contributed by atoms with E-state index >= 15 is 0 Å². The number of para-hydroxylation sites is 4. The smallest absolute Gasteiger partial charge is 0.162 e. The predicted octanol–water partition coefficient (Wildman–Crippen LogP) is 17.4. The normalized spacial score (nSPS) is 18.5. The van der Waals surface area contributed by atoms with Gasteiger partial charge in [-0.25, -0.2) is 9.98 Å². The molecule has 15 rings (SSSR count). The molecule has 1 aliphatic heterocycles. The van der Waals surface area contributed by atoms with Crippen molar-refractivity contribution in [2.24, 2.45) is 15.9 Å². The van der Waals surface area contributed by atoms with Crippen molar-refractivity contribution < 1.29 is 8.83 Å². The highest BCUT2D eigenvalue weighted by molar-refractivity contribution is 6.24. The van der Waals surface area contributed by atoms with Crippen molar-refractivity contribution in [1.82, 2.24) is 4.57 Å². The summed E-state index contributed by atoms with van der Waals surface area (Å²) < 4.78 is 16.0. The molecule has 10 aromatic carbocycles. The van der Waals surface area contributed by atoms with Crippen molar-refractivity contribution in [3.63, 3.8) is 0 Å². The minimum Gasteiger partial charge on any atom is -0.456 e. The topological polar surface area (TPSA) is 55.9 Å². The van der Waals surface area contributed by atoms with Gasteiger partial charge in [-0.15, -0.1) is 0 Å². The maximum atomic E-state index is 7.20. The van der Waals surface area contributed by atoms with E-state index < -0.39 is 0 Å². The van der Waals surface area contributed by atoms with Crippen LogP contribution >= 0.6 is 0 Å². The molecule has 4 heterocycles. The van der Waals surface area contributed by atoms with Gasteiger partial charge in [-0.2, -0.15) is 0 Å². The molecular formula is C66H45N3O2. The van der Waals surface area contributed by atoms with Crippen molar-refractivity contribution in [3.05, 3.63) is 234 Å². The van der Waals surface area contributed by atoms with Crippen molar-refractivity contribution >= 4 is 105 Å². The van der Waals surface area contributed by atoms with E-state index in [1.54, 1.807) is 0 Å². The molecule has 0 bridgehead atoms. The van der Waals surface area contributed by atoms with E-state index in [4.69, 9.17) is 18.8 Å². The minimum atomic E-state index is 0.0388. The number of rotatable bonds is 4. The first kappa shape index (κ1) is 40.1. The zero-order valence-corrected chi connectivity index (χ0v) is 39.1. The molecule has 336 valence electrons. The van der Waals surface area contributed by atoms with Crippen molar-refractivity contribution in [2.75, 3.05) is 0 Å². The largest absolute Gasteiger partial charge is 0.456 e. The fourth-order valence-electron chi connectivity index (χ4n) is 12.2. The molecule has 0 spiro atoms. The summed E-state index contributed by atoms with van der Waals surface area (Å²) in [5, 5.41) is 11.7. The van der Waals surface area contributed by atoms with Gasteiger partial charge in [0.1, 0.15) is 28.2 Å². The van der Waals surface area contributed by atoms with Crippen LogP contribution in [0.4, 0.5) is 0 Å². The fraction of sp³-hybridized carbons (Fsp3) is 0.0909. The van der Waals surface area contributed by atoms with Crippen molar-refractivity contribution in [1.29, 1.82) is 0 Å². The lowest BCUT2D eigenvalue weighted by molar-refractivity contribution is 0.647. The van der Waals surface area contributed by atoms with E-state index in [0.29, 0.717) is 5.84 Å². The summed E-state index contributed by atoms with van der Waals surface area (Å²) in [6, 6.07) is 72.4. The molecule has 5 nitrogen and oxygen atoms in total. The molecule has 0 N–H and O–H groups in total. The van der Waals surface area contributed by atoms with Crippen LogP contribution in [0, 0.1) is 5.92 Å². The molecule has 13 aromatic rings. The Morgan fingerprint density at radius 2 is 1.13 bits per heavy atom. The molecule has 0 saturated heterocycles. The average molecular weight is 912 g/mol. The van der Waals surface area contributed by atoms with E-state index in [0.717, 1.165) is 96.8 Å². The molecule has 2 atom stereocenters. The molecule has 2 unspecified atom stereocenters. The third-order valence-electron chi connectivity index (χ3n) is 15.5. The van der Waals surface area contributed by atoms with Crippen LogP contribution in [-0.4, -0.2) is 16.1 Å². The van der Waals surface area contributed by atoms with E-state index in [9.17, 15) is 0 Å². The maximum absolute atomic E-state index is 7.20. The number of allylic oxidation sites excluding steroid dienone is 1. The summed E-state index contributed by atoms with van der Waals surface area (Å²) in [4.78, 5) is 11.5. The van der Waals surface area contributed by atoms with Crippen molar-refractivity contribution in [2.45, 2.75) is 32.1 Å². The number of nitrogens with zero attached hydrogens (tertiary/aromatic N) is 3. The SMILES string of the molecule is CC1C/C=C(n2c3ccccc3c3ccccc32)/N=C(c2ccc(C3CCc4cc5ccccc5cc4-c4c3ccc3ccccc43)c3oc4ccccc4c23)\N=C/1c1ccc2c(c1)oc1ccccc12. The fourth-order valence-corrected chi connectivity index (χ4v) is 12.2. The van der Waals surface area contributed by atoms with Crippen LogP contribution in [-0.2, 0) is 6.42 Å². The first-order chi connectivity index (χ1) is 35.1. The van der Waals surface area contributed by atoms with E-state index in [-0.39, 0.29) is 11.8 Å². The van der Waals surface area contributed by atoms with E-state index in [1.165, 1.54) is 60.1 Å². The maximum Gasteiger partial charge on any atom is 0.162 e. The van der Waals surface area contributed by atoms with Gasteiger partial charge in [-0.05, 0) is 118 Å². The number of furan rings is 2. The summed E-state index contributed by atoms with van der Waals surface area (Å²) in [6.45, 7) is 2.28. The number of benzene rings is 10. The summed E-state index contributed by atoms with van der Waals surface area (Å²) in [6.07, 6.45) is 4.90. The van der Waals surface area contributed by atoms with Crippen LogP contribution < -0.4 is 0 Å². The van der Waals surface area contributed by atoms with Gasteiger partial charge in [0.2, 0.25) is 0 Å². The first-order valence-electron chi connectivity index (χ1n) is 24.9. The van der Waals surface area contributed by atoms with Gasteiger partial charge >= 0.3 is 0 Å². The zero-order valence-electron chi connectivity index (χ0n) is 39.1. The molecule has 1 aliphatic carbocycles. The molecule has 2 aliphatic rings. The number of aryl methyl sites for hydroxylation is 1. The summed E-state index contributed by atoms with van der Waals surface area (Å²) >= 11 is 0. The zero-order chi connectivity index (χ0) is 46.7. The van der Waals surface area contributed by atoms with Crippen LogP contribution in [0.25, 0.3) is 104 Å². The summed E-state index contributed by atoms with van der Waals surface area (Å²) in [5.74, 6) is 1.57. The van der Waals surface area contributed by atoms with Crippen LogP contribution in [0.1, 0.15) is 53.5 Å². The Morgan fingerprint density at radius 3 is 1.92 bits per heavy atom. The van der Waals surface area contributed by atoms with Gasteiger partial charge < -0.3 is 8.83 Å².